The number of fused-ring (bicyclic) bond motifs is 1. The molecule has 1 aromatic heterocycles. The third-order valence-electron chi connectivity index (χ3n) is 3.98. The first-order valence-corrected chi connectivity index (χ1v) is 7.47. The highest BCUT2D eigenvalue weighted by Gasteiger charge is 2.15. The first-order chi connectivity index (χ1) is 9.71. The number of hydrogen-bond acceptors (Lipinski definition) is 3. The van der Waals surface area contributed by atoms with Crippen LogP contribution in [0.2, 0.25) is 0 Å². The molecule has 2 aromatic rings. The van der Waals surface area contributed by atoms with Crippen molar-refractivity contribution in [2.45, 2.75) is 39.3 Å². The van der Waals surface area contributed by atoms with Crippen LogP contribution in [0, 0.1) is 0 Å². The maximum atomic E-state index is 4.73. The summed E-state index contributed by atoms with van der Waals surface area (Å²) in [4.78, 5) is 7.14. The van der Waals surface area contributed by atoms with Gasteiger partial charge >= 0.3 is 0 Å². The molecule has 0 spiro atoms. The van der Waals surface area contributed by atoms with Gasteiger partial charge in [0.25, 0.3) is 0 Å². The van der Waals surface area contributed by atoms with Crippen molar-refractivity contribution in [3.05, 3.63) is 36.0 Å². The van der Waals surface area contributed by atoms with E-state index >= 15 is 0 Å². The highest BCUT2D eigenvalue weighted by Crippen LogP contribution is 2.28. The minimum Gasteiger partial charge on any atom is -0.371 e. The Morgan fingerprint density at radius 2 is 1.90 bits per heavy atom. The lowest BCUT2D eigenvalue weighted by molar-refractivity contribution is 0.592. The summed E-state index contributed by atoms with van der Waals surface area (Å²) < 4.78 is 0. The van der Waals surface area contributed by atoms with E-state index in [0.717, 1.165) is 30.6 Å². The van der Waals surface area contributed by atoms with Gasteiger partial charge in [0.15, 0.2) is 0 Å². The van der Waals surface area contributed by atoms with E-state index in [1.54, 1.807) is 0 Å². The van der Waals surface area contributed by atoms with Crippen LogP contribution in [0.3, 0.4) is 0 Å². The molecule has 0 atom stereocenters. The molecule has 20 heavy (non-hydrogen) atoms. The van der Waals surface area contributed by atoms with Gasteiger partial charge in [0.2, 0.25) is 0 Å². The summed E-state index contributed by atoms with van der Waals surface area (Å²) >= 11 is 0. The van der Waals surface area contributed by atoms with Gasteiger partial charge in [0.1, 0.15) is 0 Å². The van der Waals surface area contributed by atoms with Crippen LogP contribution in [-0.2, 0) is 6.54 Å². The minimum atomic E-state index is 0.572. The molecule has 2 rings (SSSR count). The molecular formula is C17H25N3. The van der Waals surface area contributed by atoms with Crippen LogP contribution in [0.5, 0.6) is 0 Å². The monoisotopic (exact) mass is 271 g/mol. The topological polar surface area (TPSA) is 28.2 Å². The molecule has 0 aliphatic heterocycles. The van der Waals surface area contributed by atoms with Gasteiger partial charge in [-0.25, -0.2) is 0 Å². The molecule has 0 aliphatic carbocycles. The van der Waals surface area contributed by atoms with Crippen LogP contribution in [-0.4, -0.2) is 25.1 Å². The summed E-state index contributed by atoms with van der Waals surface area (Å²) in [6, 6.07) is 11.2. The van der Waals surface area contributed by atoms with E-state index in [0.29, 0.717) is 6.04 Å². The lowest BCUT2D eigenvalue weighted by atomic mass is 10.1. The van der Waals surface area contributed by atoms with Crippen molar-refractivity contribution < 1.29 is 0 Å². The maximum absolute atomic E-state index is 4.73. The highest BCUT2D eigenvalue weighted by molar-refractivity contribution is 5.92. The van der Waals surface area contributed by atoms with Crippen LogP contribution < -0.4 is 10.2 Å². The fourth-order valence-electron chi connectivity index (χ4n) is 2.81. The Hall–Kier alpha value is -1.61. The number of benzene rings is 1. The van der Waals surface area contributed by atoms with Gasteiger partial charge in [-0.1, -0.05) is 32.0 Å². The van der Waals surface area contributed by atoms with E-state index in [9.17, 15) is 0 Å². The second kappa shape index (κ2) is 6.71. The third kappa shape index (κ3) is 2.93. The van der Waals surface area contributed by atoms with Gasteiger partial charge in [-0.3, -0.25) is 4.98 Å². The number of rotatable bonds is 6. The van der Waals surface area contributed by atoms with Gasteiger partial charge in [-0.2, -0.15) is 0 Å². The number of hydrogen-bond donors (Lipinski definition) is 1. The minimum absolute atomic E-state index is 0.572. The molecule has 0 unspecified atom stereocenters. The Morgan fingerprint density at radius 3 is 2.55 bits per heavy atom. The number of nitrogens with one attached hydrogen (secondary N) is 1. The molecule has 0 amide bonds. The molecule has 108 valence electrons. The van der Waals surface area contributed by atoms with Gasteiger partial charge in [0.05, 0.1) is 11.2 Å². The standard InChI is InChI=1S/C17H25N3/c1-5-14(6-2)20(4)17-11-13(12-18-3)19-16-10-8-7-9-15(16)17/h7-11,14,18H,5-6,12H2,1-4H3. The zero-order valence-corrected chi connectivity index (χ0v) is 13.0. The molecular weight excluding hydrogens is 246 g/mol. The average Bonchev–Trinajstić information content (AvgIpc) is 2.48. The summed E-state index contributed by atoms with van der Waals surface area (Å²) in [6.07, 6.45) is 2.32. The number of pyridine rings is 1. The normalized spacial score (nSPS) is 11.2. The summed E-state index contributed by atoms with van der Waals surface area (Å²) in [7, 11) is 4.16. The first-order valence-electron chi connectivity index (χ1n) is 7.47. The van der Waals surface area contributed by atoms with Gasteiger partial charge in [-0.15, -0.1) is 0 Å². The number of anilines is 1. The largest absolute Gasteiger partial charge is 0.371 e. The van der Waals surface area contributed by atoms with Crippen molar-refractivity contribution in [2.24, 2.45) is 0 Å². The molecule has 1 N–H and O–H groups in total. The summed E-state index contributed by atoms with van der Waals surface area (Å²) in [6.45, 7) is 5.31. The lowest BCUT2D eigenvalue weighted by Gasteiger charge is -2.29. The van der Waals surface area contributed by atoms with Crippen molar-refractivity contribution in [1.29, 1.82) is 0 Å². The van der Waals surface area contributed by atoms with Crippen molar-refractivity contribution >= 4 is 16.6 Å². The van der Waals surface area contributed by atoms with E-state index in [4.69, 9.17) is 4.98 Å². The smallest absolute Gasteiger partial charge is 0.0726 e. The van der Waals surface area contributed by atoms with Crippen LogP contribution in [0.25, 0.3) is 10.9 Å². The number of para-hydroxylation sites is 1. The Balaban J connectivity index is 2.54. The van der Waals surface area contributed by atoms with E-state index in [1.165, 1.54) is 11.1 Å². The van der Waals surface area contributed by atoms with Crippen molar-refractivity contribution in [3.63, 3.8) is 0 Å². The van der Waals surface area contributed by atoms with Crippen molar-refractivity contribution in [1.82, 2.24) is 10.3 Å². The molecule has 0 saturated heterocycles. The summed E-state index contributed by atoms with van der Waals surface area (Å²) in [5, 5.41) is 4.43. The van der Waals surface area contributed by atoms with Crippen LogP contribution in [0.4, 0.5) is 5.69 Å². The van der Waals surface area contributed by atoms with E-state index < -0.39 is 0 Å². The molecule has 1 heterocycles. The average molecular weight is 271 g/mol. The lowest BCUT2D eigenvalue weighted by Crippen LogP contribution is -2.30. The molecule has 0 fully saturated rings. The molecule has 0 saturated carbocycles. The first kappa shape index (κ1) is 14.8. The predicted molar refractivity (Wildman–Crippen MR) is 87.3 cm³/mol. The molecule has 1 aromatic carbocycles. The van der Waals surface area contributed by atoms with E-state index in [1.807, 2.05) is 7.05 Å². The van der Waals surface area contributed by atoms with Gasteiger partial charge in [-0.05, 0) is 32.0 Å². The van der Waals surface area contributed by atoms with E-state index in [-0.39, 0.29) is 0 Å². The summed E-state index contributed by atoms with van der Waals surface area (Å²) in [5.74, 6) is 0. The Bertz CT molecular complexity index is 561. The number of aromatic nitrogens is 1. The Labute approximate surface area is 122 Å². The summed E-state index contributed by atoms with van der Waals surface area (Å²) in [5.41, 5.74) is 3.46. The molecule has 0 radical (unpaired) electrons. The molecule has 3 nitrogen and oxygen atoms in total. The maximum Gasteiger partial charge on any atom is 0.0726 e. The van der Waals surface area contributed by atoms with Crippen LogP contribution in [0.1, 0.15) is 32.4 Å². The molecule has 0 aliphatic rings. The predicted octanol–water partition coefficient (Wildman–Crippen LogP) is 3.58. The van der Waals surface area contributed by atoms with Crippen LogP contribution in [0.15, 0.2) is 30.3 Å². The molecule has 3 heteroatoms. The van der Waals surface area contributed by atoms with Crippen molar-refractivity contribution in [2.75, 3.05) is 19.0 Å². The SMILES string of the molecule is CCC(CC)N(C)c1cc(CNC)nc2ccccc12. The number of nitrogens with zero attached hydrogens (tertiary/aromatic N) is 2. The quantitative estimate of drug-likeness (QED) is 0.870. The zero-order valence-electron chi connectivity index (χ0n) is 13.0. The molecule has 0 bridgehead atoms. The van der Waals surface area contributed by atoms with Gasteiger partial charge in [0, 0.05) is 30.7 Å². The highest BCUT2D eigenvalue weighted by atomic mass is 15.1. The Morgan fingerprint density at radius 1 is 1.20 bits per heavy atom. The van der Waals surface area contributed by atoms with E-state index in [2.05, 4.69) is 61.4 Å². The second-order valence-corrected chi connectivity index (χ2v) is 5.26. The van der Waals surface area contributed by atoms with Crippen molar-refractivity contribution in [3.8, 4) is 0 Å². The van der Waals surface area contributed by atoms with Crippen LogP contribution >= 0.6 is 0 Å². The van der Waals surface area contributed by atoms with Gasteiger partial charge < -0.3 is 10.2 Å². The fourth-order valence-corrected chi connectivity index (χ4v) is 2.81. The second-order valence-electron chi connectivity index (χ2n) is 5.26. The third-order valence-corrected chi connectivity index (χ3v) is 3.98. The fraction of sp³-hybridized carbons (Fsp3) is 0.471. The zero-order chi connectivity index (χ0) is 14.5. The Kier molecular flexibility index (Phi) is 4.96.